The Morgan fingerprint density at radius 1 is 0.967 bits per heavy atom. The fourth-order valence-electron chi connectivity index (χ4n) is 7.30. The molecule has 1 saturated heterocycles. The molecule has 8 N–H and O–H groups in total. The molecular weight excluding hydrogens is 773 g/mol. The van der Waals surface area contributed by atoms with Gasteiger partial charge in [0.1, 0.15) is 12.3 Å². The smallest absolute Gasteiger partial charge is 0.245 e. The number of hydrogen-bond donors (Lipinski definition) is 6. The number of carbonyl (C=O) groups is 4. The van der Waals surface area contributed by atoms with Gasteiger partial charge in [-0.25, -0.2) is 0 Å². The van der Waals surface area contributed by atoms with Gasteiger partial charge in [-0.15, -0.1) is 0 Å². The Balaban J connectivity index is -0.000000982. The zero-order chi connectivity index (χ0) is 47.7. The first-order valence-electron chi connectivity index (χ1n) is 22.6. The van der Waals surface area contributed by atoms with Crippen LogP contribution in [0.4, 0.5) is 0 Å². The molecule has 61 heavy (non-hydrogen) atoms. The van der Waals surface area contributed by atoms with Crippen LogP contribution in [0.1, 0.15) is 113 Å². The molecule has 0 aliphatic carbocycles. The van der Waals surface area contributed by atoms with Crippen LogP contribution in [0.2, 0.25) is 0 Å². The number of nitrogens with zero attached hydrogens (tertiary/aromatic N) is 3. The lowest BCUT2D eigenvalue weighted by Crippen LogP contribution is -2.58. The molecule has 1 aliphatic rings. The molecule has 1 aromatic rings. The zero-order valence-electron chi connectivity index (χ0n) is 41.3. The quantitative estimate of drug-likeness (QED) is 0.0829. The van der Waals surface area contributed by atoms with E-state index in [9.17, 15) is 19.2 Å². The van der Waals surface area contributed by atoms with Crippen LogP contribution in [0.25, 0.3) is 0 Å². The van der Waals surface area contributed by atoms with Gasteiger partial charge in [0.2, 0.25) is 17.7 Å². The van der Waals surface area contributed by atoms with Crippen molar-refractivity contribution in [3.63, 3.8) is 0 Å². The Kier molecular flexibility index (Phi) is 37.5. The van der Waals surface area contributed by atoms with Gasteiger partial charge < -0.3 is 51.9 Å². The van der Waals surface area contributed by atoms with E-state index >= 15 is 0 Å². The van der Waals surface area contributed by atoms with Crippen molar-refractivity contribution >= 4 is 24.0 Å². The Labute approximate surface area is 372 Å². The summed E-state index contributed by atoms with van der Waals surface area (Å²) in [4.78, 5) is 55.8. The van der Waals surface area contributed by atoms with Gasteiger partial charge >= 0.3 is 0 Å². The van der Waals surface area contributed by atoms with Gasteiger partial charge in [-0.1, -0.05) is 106 Å². The van der Waals surface area contributed by atoms with Crippen LogP contribution >= 0.6 is 0 Å². The van der Waals surface area contributed by atoms with Crippen molar-refractivity contribution in [3.05, 3.63) is 47.8 Å². The number of aldehydes is 1. The molecule has 7 unspecified atom stereocenters. The lowest BCUT2D eigenvalue weighted by molar-refractivity contribution is -0.142. The number of nitrogens with two attached hydrogens (primary N) is 2. The highest BCUT2D eigenvalue weighted by atomic mass is 16.5. The van der Waals surface area contributed by atoms with E-state index in [1.807, 2.05) is 106 Å². The highest BCUT2D eigenvalue weighted by Gasteiger charge is 2.36. The third-order valence-corrected chi connectivity index (χ3v) is 10.5. The van der Waals surface area contributed by atoms with Crippen molar-refractivity contribution in [2.75, 3.05) is 62.0 Å². The molecule has 14 heteroatoms. The minimum absolute atomic E-state index is 0.00141. The number of ether oxygens (including phenoxy) is 1. The van der Waals surface area contributed by atoms with Gasteiger partial charge in [0.05, 0.1) is 24.2 Å². The maximum Gasteiger partial charge on any atom is 0.245 e. The highest BCUT2D eigenvalue weighted by molar-refractivity contribution is 5.90. The van der Waals surface area contributed by atoms with E-state index in [0.29, 0.717) is 24.8 Å². The summed E-state index contributed by atoms with van der Waals surface area (Å²) in [5.74, 6) is -0.135. The van der Waals surface area contributed by atoms with Crippen molar-refractivity contribution < 1.29 is 29.0 Å². The Morgan fingerprint density at radius 2 is 1.56 bits per heavy atom. The summed E-state index contributed by atoms with van der Waals surface area (Å²) >= 11 is 0. The number of hydrogen-bond acceptors (Lipinski definition) is 11. The van der Waals surface area contributed by atoms with Crippen LogP contribution in [-0.2, 0) is 30.3 Å². The first kappa shape index (κ1) is 61.7. The van der Waals surface area contributed by atoms with E-state index < -0.39 is 6.04 Å². The number of aliphatic hydroxyl groups is 1. The predicted molar refractivity (Wildman–Crippen MR) is 254 cm³/mol. The molecule has 3 amide bonds. The van der Waals surface area contributed by atoms with Crippen molar-refractivity contribution in [1.82, 2.24) is 30.7 Å². The van der Waals surface area contributed by atoms with Crippen LogP contribution in [0.15, 0.2) is 42.2 Å². The molecule has 2 rings (SSSR count). The van der Waals surface area contributed by atoms with E-state index in [2.05, 4.69) is 40.0 Å². The van der Waals surface area contributed by atoms with E-state index in [1.54, 1.807) is 25.3 Å². The van der Waals surface area contributed by atoms with Gasteiger partial charge in [0.15, 0.2) is 0 Å². The molecule has 14 nitrogen and oxygen atoms in total. The second-order valence-electron chi connectivity index (χ2n) is 16.0. The van der Waals surface area contributed by atoms with Crippen molar-refractivity contribution in [3.8, 4) is 0 Å². The molecule has 356 valence electrons. The lowest BCUT2D eigenvalue weighted by Gasteiger charge is -2.37. The van der Waals surface area contributed by atoms with Crippen LogP contribution in [-0.4, -0.2) is 142 Å². The number of benzene rings is 1. The number of rotatable bonds is 23. The summed E-state index contributed by atoms with van der Waals surface area (Å²) in [6.45, 7) is 21.9. The fourth-order valence-corrected chi connectivity index (χ4v) is 7.30. The number of likely N-dealkylation sites (tertiary alicyclic amines) is 1. The number of aliphatic hydroxyl groups excluding tert-OH is 1. The summed E-state index contributed by atoms with van der Waals surface area (Å²) < 4.78 is 5.48. The normalized spacial score (nSPS) is 16.6. The molecule has 1 aromatic carbocycles. The summed E-state index contributed by atoms with van der Waals surface area (Å²) in [6.07, 6.45) is 8.09. The number of amides is 3. The van der Waals surface area contributed by atoms with Crippen LogP contribution in [0, 0.1) is 17.8 Å². The first-order valence-corrected chi connectivity index (χ1v) is 22.6. The topological polar surface area (TPSA) is 196 Å². The third kappa shape index (κ3) is 24.6. The molecule has 0 saturated carbocycles. The third-order valence-electron chi connectivity index (χ3n) is 10.5. The van der Waals surface area contributed by atoms with E-state index in [-0.39, 0.29) is 66.1 Å². The summed E-state index contributed by atoms with van der Waals surface area (Å²) in [6, 6.07) is 9.55. The second kappa shape index (κ2) is 37.0. The highest BCUT2D eigenvalue weighted by Crippen LogP contribution is 2.22. The summed E-state index contributed by atoms with van der Waals surface area (Å²) in [5, 5.41) is 16.4. The first-order chi connectivity index (χ1) is 29.0. The SMILES string of the molecule is CC.CC.CC(CC1CCCN1C)C(=O)NC(CN/C=C(\N)CN)Cc1ccccc1.CCCC(C(CC=O)OC)N(C)C(=O)C(NC(=O)C(C(C)C)N(C)C)C(C)C.CO. The standard InChI is InChI=1S/C21H35N5O.C21H41N3O4.2C2H6.CH4O/c1-16(11-20-9-6-10-26(20)2)21(27)25-19(15-24-14-18(23)13-22)12-17-7-4-3-5-8-17;1-10-11-16(17(28-9)12-13-25)24(8)21(27)18(14(2)3)22-20(26)19(15(4)5)23(6)7;3*1-2/h3-5,7-8,14,16,19-20,24H,6,9-13,15,22-23H2,1-2H3,(H,25,27);13-19H,10-12H2,1-9H3,(H,22,26);2*1-2H3;2H,1H3/b18-14-;;;;. The minimum atomic E-state index is -0.633. The van der Waals surface area contributed by atoms with Crippen LogP contribution in [0.5, 0.6) is 0 Å². The summed E-state index contributed by atoms with van der Waals surface area (Å²) in [7, 11) is 10.2. The molecule has 1 aliphatic heterocycles. The Hall–Kier alpha value is -3.56. The van der Waals surface area contributed by atoms with Crippen LogP contribution in [0.3, 0.4) is 0 Å². The maximum atomic E-state index is 13.3. The lowest BCUT2D eigenvalue weighted by atomic mass is 9.96. The van der Waals surface area contributed by atoms with Gasteiger partial charge in [-0.2, -0.15) is 0 Å². The van der Waals surface area contributed by atoms with Crippen molar-refractivity contribution in [2.45, 2.75) is 150 Å². The van der Waals surface area contributed by atoms with E-state index in [1.165, 1.54) is 18.4 Å². The number of carbonyl (C=O) groups excluding carboxylic acids is 4. The molecule has 1 fully saturated rings. The fraction of sp³-hybridized carbons (Fsp3) is 0.745. The molecule has 0 spiro atoms. The number of methoxy groups -OCH3 is 1. The number of nitrogens with one attached hydrogen (secondary N) is 3. The van der Waals surface area contributed by atoms with Crippen molar-refractivity contribution in [2.24, 2.45) is 29.2 Å². The minimum Gasteiger partial charge on any atom is -0.400 e. The predicted octanol–water partition coefficient (Wildman–Crippen LogP) is 4.79. The van der Waals surface area contributed by atoms with Crippen LogP contribution < -0.4 is 27.4 Å². The van der Waals surface area contributed by atoms with Gasteiger partial charge in [-0.05, 0) is 77.2 Å². The molecule has 0 bridgehead atoms. The Morgan fingerprint density at radius 3 is 2.00 bits per heavy atom. The molecule has 0 aromatic heterocycles. The average Bonchev–Trinajstić information content (AvgIpc) is 3.66. The Bertz CT molecular complexity index is 1290. The molecule has 7 atom stereocenters. The van der Waals surface area contributed by atoms with E-state index in [4.69, 9.17) is 21.3 Å². The van der Waals surface area contributed by atoms with Gasteiger partial charge in [0.25, 0.3) is 0 Å². The number of likely N-dealkylation sites (N-methyl/N-ethyl adjacent to an activating group) is 2. The van der Waals surface area contributed by atoms with Gasteiger partial charge in [0, 0.05) is 64.6 Å². The maximum absolute atomic E-state index is 13.3. The largest absolute Gasteiger partial charge is 0.400 e. The monoisotopic (exact) mass is 865 g/mol. The molecule has 1 heterocycles. The van der Waals surface area contributed by atoms with Gasteiger partial charge in [-0.3, -0.25) is 19.3 Å². The van der Waals surface area contributed by atoms with E-state index in [0.717, 1.165) is 45.6 Å². The zero-order valence-corrected chi connectivity index (χ0v) is 41.3. The molecule has 0 radical (unpaired) electrons. The molecular formula is C47H92N8O6. The van der Waals surface area contributed by atoms with Crippen molar-refractivity contribution in [1.29, 1.82) is 0 Å². The second-order valence-corrected chi connectivity index (χ2v) is 16.0. The summed E-state index contributed by atoms with van der Waals surface area (Å²) in [5.41, 5.74) is 13.1. The average molecular weight is 865 g/mol.